The second kappa shape index (κ2) is 7.96. The molecule has 5 nitrogen and oxygen atoms in total. The molecular weight excluding hydrogens is 416 g/mol. The lowest BCUT2D eigenvalue weighted by atomic mass is 9.74. The molecule has 0 aliphatic heterocycles. The minimum atomic E-state index is -5.02. The summed E-state index contributed by atoms with van der Waals surface area (Å²) in [5.74, 6) is -0.415. The molecule has 0 aliphatic rings. The van der Waals surface area contributed by atoms with Crippen LogP contribution in [0.2, 0.25) is 0 Å². The first-order valence-corrected chi connectivity index (χ1v) is 9.45. The van der Waals surface area contributed by atoms with Crippen molar-refractivity contribution >= 4 is 10.9 Å². The number of alkyl halides is 3. The van der Waals surface area contributed by atoms with Crippen molar-refractivity contribution in [1.82, 2.24) is 9.55 Å². The Morgan fingerprint density at radius 1 is 1.13 bits per heavy atom. The van der Waals surface area contributed by atoms with Gasteiger partial charge in [0.2, 0.25) is 0 Å². The first-order valence-electron chi connectivity index (χ1n) is 9.45. The summed E-state index contributed by atoms with van der Waals surface area (Å²) >= 11 is 0. The number of rotatable bonds is 6. The van der Waals surface area contributed by atoms with E-state index in [1.807, 2.05) is 0 Å². The molecule has 0 unspecified atom stereocenters. The Labute approximate surface area is 175 Å². The van der Waals surface area contributed by atoms with Gasteiger partial charge in [-0.05, 0) is 42.2 Å². The van der Waals surface area contributed by atoms with Crippen LogP contribution in [-0.2, 0) is 12.0 Å². The molecule has 1 heterocycles. The van der Waals surface area contributed by atoms with Crippen LogP contribution >= 0.6 is 0 Å². The first kappa shape index (κ1) is 22.7. The molecule has 0 bridgehead atoms. The van der Waals surface area contributed by atoms with Crippen molar-refractivity contribution in [1.29, 1.82) is 0 Å². The molecule has 3 rings (SSSR count). The van der Waals surface area contributed by atoms with E-state index in [1.54, 1.807) is 12.1 Å². The monoisotopic (exact) mass is 438 g/mol. The van der Waals surface area contributed by atoms with E-state index in [2.05, 4.69) is 4.98 Å². The van der Waals surface area contributed by atoms with Gasteiger partial charge in [-0.3, -0.25) is 4.79 Å². The van der Waals surface area contributed by atoms with Gasteiger partial charge >= 0.3 is 6.18 Å². The van der Waals surface area contributed by atoms with Crippen LogP contribution in [0.3, 0.4) is 0 Å². The fourth-order valence-corrected chi connectivity index (χ4v) is 3.85. The number of hydrogen-bond donors (Lipinski definition) is 1. The van der Waals surface area contributed by atoms with Crippen molar-refractivity contribution in [3.63, 3.8) is 0 Å². The first-order chi connectivity index (χ1) is 14.4. The molecular formula is C22H22F4N2O3. The Morgan fingerprint density at radius 2 is 1.81 bits per heavy atom. The van der Waals surface area contributed by atoms with Crippen molar-refractivity contribution in [2.45, 2.75) is 44.0 Å². The lowest BCUT2D eigenvalue weighted by molar-refractivity contribution is -0.271. The number of aromatic nitrogens is 2. The van der Waals surface area contributed by atoms with Crippen LogP contribution in [0.1, 0.15) is 25.8 Å². The van der Waals surface area contributed by atoms with Crippen LogP contribution in [0.15, 0.2) is 53.6 Å². The van der Waals surface area contributed by atoms with E-state index < -0.39 is 41.5 Å². The predicted molar refractivity (Wildman–Crippen MR) is 108 cm³/mol. The molecule has 0 spiro atoms. The molecule has 1 atom stereocenters. The molecule has 0 fully saturated rings. The number of nitrogens with zero attached hydrogens (tertiary/aromatic N) is 2. The SMILES string of the molecule is COc1ccc(F)cc1C(C)(C)C[C@@](O)(Cn1cnc(=O)c2ccccc21)C(F)(F)F. The molecule has 2 aromatic carbocycles. The van der Waals surface area contributed by atoms with E-state index in [1.165, 1.54) is 39.2 Å². The minimum Gasteiger partial charge on any atom is -0.496 e. The Hall–Kier alpha value is -2.94. The van der Waals surface area contributed by atoms with Gasteiger partial charge in [-0.2, -0.15) is 18.2 Å². The maximum Gasteiger partial charge on any atom is 0.418 e. The van der Waals surface area contributed by atoms with Crippen LogP contribution in [0.4, 0.5) is 17.6 Å². The highest BCUT2D eigenvalue weighted by Crippen LogP contribution is 2.44. The van der Waals surface area contributed by atoms with Crippen molar-refractivity contribution < 1.29 is 27.4 Å². The maximum absolute atomic E-state index is 14.1. The lowest BCUT2D eigenvalue weighted by Gasteiger charge is -2.38. The molecule has 3 aromatic rings. The third-order valence-corrected chi connectivity index (χ3v) is 5.34. The number of aliphatic hydroxyl groups is 1. The van der Waals surface area contributed by atoms with Gasteiger partial charge < -0.3 is 14.4 Å². The summed E-state index contributed by atoms with van der Waals surface area (Å²) in [6.45, 7) is 2.05. The summed E-state index contributed by atoms with van der Waals surface area (Å²) in [7, 11) is 1.33. The van der Waals surface area contributed by atoms with Crippen LogP contribution < -0.4 is 10.3 Å². The highest BCUT2D eigenvalue weighted by atomic mass is 19.4. The second-order valence-corrected chi connectivity index (χ2v) is 8.13. The number of para-hydroxylation sites is 1. The topological polar surface area (TPSA) is 64.3 Å². The lowest BCUT2D eigenvalue weighted by Crippen LogP contribution is -2.52. The molecule has 31 heavy (non-hydrogen) atoms. The van der Waals surface area contributed by atoms with Gasteiger partial charge in [-0.25, -0.2) is 4.39 Å². The standard InChI is InChI=1S/C22H22F4N2O3/c1-20(2,16-10-14(23)8-9-18(16)31-3)11-21(30,22(24,25)26)12-28-13-27-19(29)15-6-4-5-7-17(15)28/h4-10,13,30H,11-12H2,1-3H3/t21-/m1/s1. The average molecular weight is 438 g/mol. The van der Waals surface area contributed by atoms with E-state index in [4.69, 9.17) is 4.74 Å². The van der Waals surface area contributed by atoms with E-state index >= 15 is 0 Å². The molecule has 9 heteroatoms. The molecule has 166 valence electrons. The van der Waals surface area contributed by atoms with Crippen LogP contribution in [0.5, 0.6) is 5.75 Å². The van der Waals surface area contributed by atoms with Crippen LogP contribution in [0.25, 0.3) is 10.9 Å². The van der Waals surface area contributed by atoms with E-state index in [0.717, 1.165) is 23.0 Å². The number of hydrogen-bond acceptors (Lipinski definition) is 4. The Bertz CT molecular complexity index is 1160. The summed E-state index contributed by atoms with van der Waals surface area (Å²) in [6.07, 6.45) is -4.82. The van der Waals surface area contributed by atoms with E-state index in [-0.39, 0.29) is 22.2 Å². The molecule has 0 aliphatic carbocycles. The van der Waals surface area contributed by atoms with Crippen LogP contribution in [-0.4, -0.2) is 33.5 Å². The van der Waals surface area contributed by atoms with Crippen molar-refractivity contribution in [3.05, 3.63) is 70.5 Å². The fraction of sp³-hybridized carbons (Fsp3) is 0.364. The van der Waals surface area contributed by atoms with Gasteiger partial charge in [0, 0.05) is 5.56 Å². The summed E-state index contributed by atoms with van der Waals surface area (Å²) in [5.41, 5.74) is -4.69. The Morgan fingerprint density at radius 3 is 2.45 bits per heavy atom. The third-order valence-electron chi connectivity index (χ3n) is 5.34. The van der Waals surface area contributed by atoms with Gasteiger partial charge in [-0.15, -0.1) is 0 Å². The highest BCUT2D eigenvalue weighted by Gasteiger charge is 2.56. The van der Waals surface area contributed by atoms with Crippen molar-refractivity contribution in [3.8, 4) is 5.75 Å². The van der Waals surface area contributed by atoms with Crippen molar-refractivity contribution in [2.24, 2.45) is 0 Å². The van der Waals surface area contributed by atoms with E-state index in [0.29, 0.717) is 0 Å². The van der Waals surface area contributed by atoms with Gasteiger partial charge in [0.05, 0.1) is 30.9 Å². The zero-order valence-electron chi connectivity index (χ0n) is 17.2. The fourth-order valence-electron chi connectivity index (χ4n) is 3.85. The molecule has 1 aromatic heterocycles. The van der Waals surface area contributed by atoms with E-state index in [9.17, 15) is 27.5 Å². The third kappa shape index (κ3) is 4.41. The minimum absolute atomic E-state index is 0.139. The van der Waals surface area contributed by atoms with Gasteiger partial charge in [0.1, 0.15) is 11.6 Å². The summed E-state index contributed by atoms with van der Waals surface area (Å²) in [6, 6.07) is 9.67. The van der Waals surface area contributed by atoms with Crippen molar-refractivity contribution in [2.75, 3.05) is 7.11 Å². The number of halogens is 4. The zero-order valence-corrected chi connectivity index (χ0v) is 17.2. The molecule has 1 N–H and O–H groups in total. The summed E-state index contributed by atoms with van der Waals surface area (Å²) in [5, 5.41) is 11.0. The van der Waals surface area contributed by atoms with Gasteiger partial charge in [-0.1, -0.05) is 26.0 Å². The number of methoxy groups -OCH3 is 1. The Kier molecular flexibility index (Phi) is 5.84. The van der Waals surface area contributed by atoms with Gasteiger partial charge in [0.15, 0.2) is 5.60 Å². The second-order valence-electron chi connectivity index (χ2n) is 8.13. The highest BCUT2D eigenvalue weighted by molar-refractivity contribution is 5.77. The molecule has 0 saturated heterocycles. The summed E-state index contributed by atoms with van der Waals surface area (Å²) < 4.78 is 62.5. The zero-order chi connectivity index (χ0) is 23.0. The quantitative estimate of drug-likeness (QED) is 0.586. The molecule has 0 saturated carbocycles. The van der Waals surface area contributed by atoms with Crippen LogP contribution in [0, 0.1) is 5.82 Å². The largest absolute Gasteiger partial charge is 0.496 e. The molecule has 0 amide bonds. The molecule has 0 radical (unpaired) electrons. The summed E-state index contributed by atoms with van der Waals surface area (Å²) in [4.78, 5) is 15.6. The Balaban J connectivity index is 2.08. The van der Waals surface area contributed by atoms with Gasteiger partial charge in [0.25, 0.3) is 5.56 Å². The average Bonchev–Trinajstić information content (AvgIpc) is 2.69. The number of benzene rings is 2. The normalized spacial score (nSPS) is 14.5. The predicted octanol–water partition coefficient (Wildman–Crippen LogP) is 4.21. The number of ether oxygens (including phenoxy) is 1. The number of fused-ring (bicyclic) bond motifs is 1. The maximum atomic E-state index is 14.1. The smallest absolute Gasteiger partial charge is 0.418 e.